The van der Waals surface area contributed by atoms with Crippen LogP contribution in [0.15, 0.2) is 77.7 Å². The summed E-state index contributed by atoms with van der Waals surface area (Å²) in [5.74, 6) is 0.344. The molecule has 186 valence electrons. The number of sulfonamides is 1. The maximum absolute atomic E-state index is 12.6. The highest BCUT2D eigenvalue weighted by molar-refractivity contribution is 7.92. The molecule has 0 saturated carbocycles. The van der Waals surface area contributed by atoms with Gasteiger partial charge in [0.2, 0.25) is 0 Å². The summed E-state index contributed by atoms with van der Waals surface area (Å²) in [5.41, 5.74) is 3.06. The Bertz CT molecular complexity index is 1270. The fourth-order valence-electron chi connectivity index (χ4n) is 3.49. The van der Waals surface area contributed by atoms with Crippen LogP contribution in [0.25, 0.3) is 0 Å². The topological polar surface area (TPSA) is 84.5 Å². The minimum atomic E-state index is -3.73. The van der Waals surface area contributed by atoms with Gasteiger partial charge >= 0.3 is 0 Å². The molecule has 0 fully saturated rings. The third kappa shape index (κ3) is 7.09. The lowest BCUT2D eigenvalue weighted by molar-refractivity contribution is -0.118. The van der Waals surface area contributed by atoms with Crippen molar-refractivity contribution in [2.24, 2.45) is 0 Å². The molecule has 0 aliphatic carbocycles. The molecule has 0 heterocycles. The van der Waals surface area contributed by atoms with Gasteiger partial charge in [-0.15, -0.1) is 0 Å². The number of nitrogens with one attached hydrogen (secondary N) is 2. The Morgan fingerprint density at radius 1 is 0.800 bits per heavy atom. The maximum atomic E-state index is 12.6. The number of carbonyl (C=O) groups excluding carboxylic acids is 1. The standard InChI is InChI=1S/C28H34N2O4S/c1-27(2,3)20-12-17-25(24(18-20)28(4,5)6)34-19-26(31)29-21-13-15-23(16-14-21)35(32,33)30-22-10-8-7-9-11-22/h7-18,30H,19H2,1-6H3,(H,29,31). The maximum Gasteiger partial charge on any atom is 0.262 e. The highest BCUT2D eigenvalue weighted by Gasteiger charge is 2.23. The smallest absolute Gasteiger partial charge is 0.262 e. The lowest BCUT2D eigenvalue weighted by Gasteiger charge is -2.27. The first kappa shape index (κ1) is 26.3. The van der Waals surface area contributed by atoms with E-state index in [4.69, 9.17) is 4.74 Å². The number of ether oxygens (including phenoxy) is 1. The van der Waals surface area contributed by atoms with E-state index in [1.54, 1.807) is 36.4 Å². The van der Waals surface area contributed by atoms with Crippen LogP contribution in [-0.4, -0.2) is 20.9 Å². The number of benzene rings is 3. The average Bonchev–Trinajstić information content (AvgIpc) is 2.77. The van der Waals surface area contributed by atoms with Crippen LogP contribution in [-0.2, 0) is 25.6 Å². The highest BCUT2D eigenvalue weighted by atomic mass is 32.2. The van der Waals surface area contributed by atoms with Crippen molar-refractivity contribution in [1.29, 1.82) is 0 Å². The van der Waals surface area contributed by atoms with Gasteiger partial charge in [0.05, 0.1) is 4.90 Å². The van der Waals surface area contributed by atoms with Crippen LogP contribution < -0.4 is 14.8 Å². The second-order valence-electron chi connectivity index (χ2n) is 10.5. The van der Waals surface area contributed by atoms with E-state index in [-0.39, 0.29) is 28.2 Å². The fraction of sp³-hybridized carbons (Fsp3) is 0.321. The summed E-state index contributed by atoms with van der Waals surface area (Å²) in [6, 6.07) is 20.8. The molecule has 35 heavy (non-hydrogen) atoms. The Kier molecular flexibility index (Phi) is 7.60. The average molecular weight is 495 g/mol. The molecule has 0 aliphatic rings. The van der Waals surface area contributed by atoms with Gasteiger partial charge in [-0.25, -0.2) is 8.42 Å². The van der Waals surface area contributed by atoms with Crippen molar-refractivity contribution >= 4 is 27.3 Å². The van der Waals surface area contributed by atoms with E-state index < -0.39 is 10.0 Å². The van der Waals surface area contributed by atoms with E-state index in [0.29, 0.717) is 17.1 Å². The predicted molar refractivity (Wildman–Crippen MR) is 142 cm³/mol. The van der Waals surface area contributed by atoms with E-state index in [1.165, 1.54) is 17.7 Å². The molecule has 6 nitrogen and oxygen atoms in total. The number of para-hydroxylation sites is 1. The molecular weight excluding hydrogens is 460 g/mol. The molecule has 0 saturated heterocycles. The highest BCUT2D eigenvalue weighted by Crippen LogP contribution is 2.35. The minimum Gasteiger partial charge on any atom is -0.483 e. The third-order valence-corrected chi connectivity index (χ3v) is 6.88. The van der Waals surface area contributed by atoms with Crippen LogP contribution in [0.4, 0.5) is 11.4 Å². The van der Waals surface area contributed by atoms with E-state index in [2.05, 4.69) is 57.6 Å². The SMILES string of the molecule is CC(C)(C)c1ccc(OCC(=O)Nc2ccc(S(=O)(=O)Nc3ccccc3)cc2)c(C(C)(C)C)c1. The molecular formula is C28H34N2O4S. The zero-order chi connectivity index (χ0) is 25.9. The van der Waals surface area contributed by atoms with Gasteiger partial charge in [-0.1, -0.05) is 71.9 Å². The van der Waals surface area contributed by atoms with Gasteiger partial charge < -0.3 is 10.1 Å². The van der Waals surface area contributed by atoms with E-state index in [1.807, 2.05) is 18.2 Å². The van der Waals surface area contributed by atoms with Crippen LogP contribution in [0.1, 0.15) is 52.7 Å². The Hall–Kier alpha value is -3.32. The van der Waals surface area contributed by atoms with Gasteiger partial charge in [0.25, 0.3) is 15.9 Å². The molecule has 0 atom stereocenters. The van der Waals surface area contributed by atoms with Crippen molar-refractivity contribution < 1.29 is 17.9 Å². The molecule has 1 amide bonds. The van der Waals surface area contributed by atoms with Crippen molar-refractivity contribution in [2.75, 3.05) is 16.6 Å². The summed E-state index contributed by atoms with van der Waals surface area (Å²) in [5, 5.41) is 2.76. The van der Waals surface area contributed by atoms with E-state index in [9.17, 15) is 13.2 Å². The molecule has 0 bridgehead atoms. The summed E-state index contributed by atoms with van der Waals surface area (Å²) >= 11 is 0. The molecule has 2 N–H and O–H groups in total. The fourth-order valence-corrected chi connectivity index (χ4v) is 4.55. The van der Waals surface area contributed by atoms with Crippen LogP contribution in [0.2, 0.25) is 0 Å². The first-order valence-electron chi connectivity index (χ1n) is 11.5. The molecule has 3 aromatic rings. The molecule has 3 aromatic carbocycles. The van der Waals surface area contributed by atoms with Gasteiger partial charge in [-0.05, 0) is 64.4 Å². The number of anilines is 2. The van der Waals surface area contributed by atoms with Crippen LogP contribution in [0, 0.1) is 0 Å². The lowest BCUT2D eigenvalue weighted by atomic mass is 9.80. The second kappa shape index (κ2) is 10.1. The van der Waals surface area contributed by atoms with Crippen molar-refractivity contribution in [3.05, 3.63) is 83.9 Å². The monoisotopic (exact) mass is 494 g/mol. The molecule has 0 radical (unpaired) electrons. The number of hydrogen-bond acceptors (Lipinski definition) is 4. The van der Waals surface area contributed by atoms with E-state index >= 15 is 0 Å². The molecule has 0 unspecified atom stereocenters. The van der Waals surface area contributed by atoms with Crippen LogP contribution >= 0.6 is 0 Å². The van der Waals surface area contributed by atoms with Crippen LogP contribution in [0.3, 0.4) is 0 Å². The molecule has 3 rings (SSSR count). The zero-order valence-corrected chi connectivity index (χ0v) is 22.0. The van der Waals surface area contributed by atoms with Gasteiger partial charge in [0.15, 0.2) is 6.61 Å². The van der Waals surface area contributed by atoms with Crippen molar-refractivity contribution in [2.45, 2.75) is 57.3 Å². The first-order valence-corrected chi connectivity index (χ1v) is 13.0. The first-order chi connectivity index (χ1) is 16.3. The normalized spacial score (nSPS) is 12.2. The summed E-state index contributed by atoms with van der Waals surface area (Å²) in [6.07, 6.45) is 0. The second-order valence-corrected chi connectivity index (χ2v) is 12.2. The van der Waals surface area contributed by atoms with E-state index in [0.717, 1.165) is 5.56 Å². The van der Waals surface area contributed by atoms with Crippen LogP contribution in [0.5, 0.6) is 5.75 Å². The minimum absolute atomic E-state index is 0.00611. The molecule has 0 aliphatic heterocycles. The molecule has 7 heteroatoms. The number of rotatable bonds is 7. The predicted octanol–water partition coefficient (Wildman–Crippen LogP) is 6.10. The lowest BCUT2D eigenvalue weighted by Crippen LogP contribution is -2.23. The Morgan fingerprint density at radius 3 is 2.00 bits per heavy atom. The quantitative estimate of drug-likeness (QED) is 0.416. The summed E-state index contributed by atoms with van der Waals surface area (Å²) in [6.45, 7) is 12.7. The third-order valence-electron chi connectivity index (χ3n) is 5.49. The summed E-state index contributed by atoms with van der Waals surface area (Å²) in [7, 11) is -3.73. The molecule has 0 aromatic heterocycles. The zero-order valence-electron chi connectivity index (χ0n) is 21.2. The number of carbonyl (C=O) groups is 1. The summed E-state index contributed by atoms with van der Waals surface area (Å²) < 4.78 is 33.6. The number of amides is 1. The largest absolute Gasteiger partial charge is 0.483 e. The Labute approximate surface area is 208 Å². The Balaban J connectivity index is 1.65. The van der Waals surface area contributed by atoms with Crippen molar-refractivity contribution in [3.8, 4) is 5.75 Å². The number of hydrogen-bond donors (Lipinski definition) is 2. The van der Waals surface area contributed by atoms with Crippen molar-refractivity contribution in [1.82, 2.24) is 0 Å². The van der Waals surface area contributed by atoms with Gasteiger partial charge in [0.1, 0.15) is 5.75 Å². The molecule has 0 spiro atoms. The van der Waals surface area contributed by atoms with Gasteiger partial charge in [-0.3, -0.25) is 9.52 Å². The van der Waals surface area contributed by atoms with Crippen molar-refractivity contribution in [3.63, 3.8) is 0 Å². The van der Waals surface area contributed by atoms with Gasteiger partial charge in [0, 0.05) is 11.4 Å². The summed E-state index contributed by atoms with van der Waals surface area (Å²) in [4.78, 5) is 12.6. The van der Waals surface area contributed by atoms with Gasteiger partial charge in [-0.2, -0.15) is 0 Å². The Morgan fingerprint density at radius 2 is 1.43 bits per heavy atom.